The van der Waals surface area contributed by atoms with Crippen molar-refractivity contribution in [2.45, 2.75) is 89.9 Å². The van der Waals surface area contributed by atoms with Crippen molar-refractivity contribution in [1.29, 1.82) is 0 Å². The van der Waals surface area contributed by atoms with E-state index in [2.05, 4.69) is 11.9 Å². The summed E-state index contributed by atoms with van der Waals surface area (Å²) in [4.78, 5) is 40.0. The molecule has 0 unspecified atom stereocenters. The summed E-state index contributed by atoms with van der Waals surface area (Å²) in [7, 11) is 1.61. The standard InChI is InChI=1S/C47H55NO11/c1-6-26-53-46(51)41(48-45(50)39(58-33(4)49)27-34-16-10-7-11-17-34)42(32(2)3)59-47-44(56-30-36-20-14-9-15-21-36)43(55-29-35-18-12-8-13-19-35)40(31-57-47)54-28-37-22-24-38(52-5)25-23-37/h6-25,32,39-44,47H,1,26-31H2,2-5H3,(H,48,50)/t39-,40-,41-,42+,43+,44-,47-/m1/s1. The van der Waals surface area contributed by atoms with Crippen molar-refractivity contribution in [2.75, 3.05) is 20.3 Å². The van der Waals surface area contributed by atoms with Crippen LogP contribution in [0.2, 0.25) is 0 Å². The smallest absolute Gasteiger partial charge is 0.331 e. The summed E-state index contributed by atoms with van der Waals surface area (Å²) in [6.07, 6.45) is -4.08. The van der Waals surface area contributed by atoms with Gasteiger partial charge in [-0.25, -0.2) is 4.79 Å². The number of hydrogen-bond acceptors (Lipinski definition) is 11. The Bertz CT molecular complexity index is 1870. The molecule has 1 N–H and O–H groups in total. The number of hydrogen-bond donors (Lipinski definition) is 1. The van der Waals surface area contributed by atoms with Crippen molar-refractivity contribution in [2.24, 2.45) is 5.92 Å². The van der Waals surface area contributed by atoms with Crippen LogP contribution in [0.4, 0.5) is 0 Å². The molecule has 0 bridgehead atoms. The predicted octanol–water partition coefficient (Wildman–Crippen LogP) is 6.54. The summed E-state index contributed by atoms with van der Waals surface area (Å²) < 4.78 is 49.4. The van der Waals surface area contributed by atoms with Gasteiger partial charge in [0.1, 0.15) is 30.7 Å². The van der Waals surface area contributed by atoms with Crippen LogP contribution >= 0.6 is 0 Å². The predicted molar refractivity (Wildman–Crippen MR) is 220 cm³/mol. The molecule has 1 saturated heterocycles. The fourth-order valence-electron chi connectivity index (χ4n) is 6.58. The zero-order valence-electron chi connectivity index (χ0n) is 34.1. The fraction of sp³-hybridized carbons (Fsp3) is 0.383. The largest absolute Gasteiger partial charge is 0.497 e. The van der Waals surface area contributed by atoms with Gasteiger partial charge in [-0.1, -0.05) is 130 Å². The van der Waals surface area contributed by atoms with Crippen LogP contribution in [0.3, 0.4) is 0 Å². The molecule has 1 heterocycles. The Balaban J connectivity index is 1.46. The molecule has 12 nitrogen and oxygen atoms in total. The van der Waals surface area contributed by atoms with E-state index in [1.165, 1.54) is 13.0 Å². The lowest BCUT2D eigenvalue weighted by molar-refractivity contribution is -0.313. The quantitative estimate of drug-likeness (QED) is 0.0685. The Morgan fingerprint density at radius 2 is 1.31 bits per heavy atom. The van der Waals surface area contributed by atoms with E-state index in [1.54, 1.807) is 7.11 Å². The van der Waals surface area contributed by atoms with E-state index in [0.29, 0.717) is 0 Å². The number of methoxy groups -OCH3 is 1. The SMILES string of the molecule is C=CCOC(=O)[C@H](NC(=O)[C@@H](Cc1ccccc1)OC(C)=O)[C@@H](O[C@H]1OC[C@@H](OCc2ccc(OC)cc2)[C@H](OCc2ccccc2)[C@H]1OCc1ccccc1)C(C)C. The molecule has 314 valence electrons. The van der Waals surface area contributed by atoms with Gasteiger partial charge in [-0.05, 0) is 40.3 Å². The topological polar surface area (TPSA) is 137 Å². The average Bonchev–Trinajstić information content (AvgIpc) is 3.25. The molecule has 0 spiro atoms. The van der Waals surface area contributed by atoms with Crippen LogP contribution in [0.15, 0.2) is 128 Å². The third kappa shape index (κ3) is 13.9. The number of carbonyl (C=O) groups excluding carboxylic acids is 3. The molecule has 0 saturated carbocycles. The molecule has 12 heteroatoms. The van der Waals surface area contributed by atoms with Crippen molar-refractivity contribution in [3.63, 3.8) is 0 Å². The Hall–Kier alpha value is -5.37. The summed E-state index contributed by atoms with van der Waals surface area (Å²) in [6.45, 7) is 9.21. The molecule has 4 aromatic rings. The van der Waals surface area contributed by atoms with Gasteiger partial charge in [0, 0.05) is 13.3 Å². The highest BCUT2D eigenvalue weighted by Crippen LogP contribution is 2.30. The van der Waals surface area contributed by atoms with Gasteiger partial charge in [-0.3, -0.25) is 9.59 Å². The van der Waals surface area contributed by atoms with Gasteiger partial charge < -0.3 is 43.2 Å². The first-order chi connectivity index (χ1) is 28.6. The van der Waals surface area contributed by atoms with E-state index in [9.17, 15) is 14.4 Å². The Morgan fingerprint density at radius 3 is 1.85 bits per heavy atom. The average molecular weight is 810 g/mol. The van der Waals surface area contributed by atoms with E-state index in [0.717, 1.165) is 28.0 Å². The maximum atomic E-state index is 14.0. The number of ether oxygens (including phenoxy) is 8. The van der Waals surface area contributed by atoms with E-state index < -0.39 is 60.7 Å². The van der Waals surface area contributed by atoms with Crippen molar-refractivity contribution in [1.82, 2.24) is 5.32 Å². The third-order valence-corrected chi connectivity index (χ3v) is 9.61. The van der Waals surface area contributed by atoms with Crippen LogP contribution in [0.1, 0.15) is 43.0 Å². The lowest BCUT2D eigenvalue weighted by atomic mass is 9.97. The van der Waals surface area contributed by atoms with Gasteiger partial charge in [-0.2, -0.15) is 0 Å². The van der Waals surface area contributed by atoms with E-state index >= 15 is 0 Å². The highest BCUT2D eigenvalue weighted by atomic mass is 16.7. The molecule has 5 rings (SSSR count). The first kappa shape index (κ1) is 44.7. The Kier molecular flexibility index (Phi) is 17.6. The minimum atomic E-state index is -1.36. The van der Waals surface area contributed by atoms with Crippen LogP contribution in [0.25, 0.3) is 0 Å². The second kappa shape index (κ2) is 23.3. The van der Waals surface area contributed by atoms with E-state index in [1.807, 2.05) is 129 Å². The molecule has 59 heavy (non-hydrogen) atoms. The molecule has 0 aromatic heterocycles. The highest BCUT2D eigenvalue weighted by Gasteiger charge is 2.47. The molecule has 0 aliphatic carbocycles. The van der Waals surface area contributed by atoms with Gasteiger partial charge in [0.2, 0.25) is 0 Å². The number of benzene rings is 4. The molecule has 1 aliphatic rings. The van der Waals surface area contributed by atoms with Crippen molar-refractivity contribution < 1.29 is 52.3 Å². The van der Waals surface area contributed by atoms with Gasteiger partial charge >= 0.3 is 11.9 Å². The molecule has 4 aromatic carbocycles. The summed E-state index contributed by atoms with van der Waals surface area (Å²) in [5, 5.41) is 2.80. The van der Waals surface area contributed by atoms with Crippen LogP contribution in [-0.4, -0.2) is 81.0 Å². The Morgan fingerprint density at radius 1 is 0.763 bits per heavy atom. The van der Waals surface area contributed by atoms with Crippen molar-refractivity contribution in [3.8, 4) is 5.75 Å². The van der Waals surface area contributed by atoms with E-state index in [-0.39, 0.29) is 45.4 Å². The molecule has 1 aliphatic heterocycles. The van der Waals surface area contributed by atoms with Crippen LogP contribution < -0.4 is 10.1 Å². The highest BCUT2D eigenvalue weighted by molar-refractivity contribution is 5.89. The minimum Gasteiger partial charge on any atom is -0.497 e. The maximum Gasteiger partial charge on any atom is 0.331 e. The van der Waals surface area contributed by atoms with Crippen molar-refractivity contribution >= 4 is 17.8 Å². The number of esters is 2. The zero-order chi connectivity index (χ0) is 42.0. The van der Waals surface area contributed by atoms with Gasteiger partial charge in [0.15, 0.2) is 18.4 Å². The maximum absolute atomic E-state index is 14.0. The molecular weight excluding hydrogens is 755 g/mol. The molecule has 1 amide bonds. The second-order valence-electron chi connectivity index (χ2n) is 14.5. The minimum absolute atomic E-state index is 0.0554. The van der Waals surface area contributed by atoms with Crippen molar-refractivity contribution in [3.05, 3.63) is 150 Å². The summed E-state index contributed by atoms with van der Waals surface area (Å²) in [5.74, 6) is -1.77. The number of rotatable bonds is 22. The summed E-state index contributed by atoms with van der Waals surface area (Å²) in [5.41, 5.74) is 3.53. The fourth-order valence-corrected chi connectivity index (χ4v) is 6.58. The second-order valence-corrected chi connectivity index (χ2v) is 14.5. The molecule has 0 radical (unpaired) electrons. The molecule has 1 fully saturated rings. The molecule has 7 atom stereocenters. The normalized spacial score (nSPS) is 19.2. The van der Waals surface area contributed by atoms with Gasteiger partial charge in [0.25, 0.3) is 5.91 Å². The number of nitrogens with one attached hydrogen (secondary N) is 1. The van der Waals surface area contributed by atoms with E-state index in [4.69, 9.17) is 37.9 Å². The zero-order valence-corrected chi connectivity index (χ0v) is 34.1. The van der Waals surface area contributed by atoms with Gasteiger partial charge in [0.05, 0.1) is 39.6 Å². The summed E-state index contributed by atoms with van der Waals surface area (Å²) >= 11 is 0. The van der Waals surface area contributed by atoms with Crippen LogP contribution in [0.5, 0.6) is 5.75 Å². The first-order valence-electron chi connectivity index (χ1n) is 19.8. The lowest BCUT2D eigenvalue weighted by Gasteiger charge is -2.44. The molecular formula is C47H55NO11. The third-order valence-electron chi connectivity index (χ3n) is 9.61. The van der Waals surface area contributed by atoms with Gasteiger partial charge in [-0.15, -0.1) is 0 Å². The number of amides is 1. The first-order valence-corrected chi connectivity index (χ1v) is 19.8. The van der Waals surface area contributed by atoms with Crippen LogP contribution in [0, 0.1) is 5.92 Å². The Labute approximate surface area is 346 Å². The monoisotopic (exact) mass is 809 g/mol. The number of carbonyl (C=O) groups is 3. The lowest BCUT2D eigenvalue weighted by Crippen LogP contribution is -2.61. The van der Waals surface area contributed by atoms with Crippen LogP contribution in [-0.2, 0) is 73.8 Å². The summed E-state index contributed by atoms with van der Waals surface area (Å²) in [6, 6.07) is 34.8.